The van der Waals surface area contributed by atoms with Crippen LogP contribution in [-0.4, -0.2) is 31.4 Å². The monoisotopic (exact) mass is 261 g/mol. The summed E-state index contributed by atoms with van der Waals surface area (Å²) in [7, 11) is 0. The molecule has 1 saturated carbocycles. The minimum absolute atomic E-state index is 0.326. The number of aliphatic hydroxyl groups excluding tert-OH is 1. The summed E-state index contributed by atoms with van der Waals surface area (Å²) in [6, 6.07) is 6.56. The second-order valence-corrected chi connectivity index (χ2v) is 5.94. The predicted molar refractivity (Wildman–Crippen MR) is 75.6 cm³/mol. The van der Waals surface area contributed by atoms with Crippen molar-refractivity contribution in [1.82, 2.24) is 5.32 Å². The minimum atomic E-state index is 0.326. The number of fused-ring (bicyclic) bond motifs is 1. The summed E-state index contributed by atoms with van der Waals surface area (Å²) in [4.78, 5) is 0. The molecule has 2 N–H and O–H groups in total. The summed E-state index contributed by atoms with van der Waals surface area (Å²) in [5.41, 5.74) is 3.17. The molecule has 1 aromatic carbocycles. The van der Waals surface area contributed by atoms with Crippen LogP contribution in [0.5, 0.6) is 5.75 Å². The molecule has 1 aliphatic carbocycles. The van der Waals surface area contributed by atoms with E-state index in [-0.39, 0.29) is 0 Å². The summed E-state index contributed by atoms with van der Waals surface area (Å²) in [6.45, 7) is 3.24. The van der Waals surface area contributed by atoms with E-state index in [1.165, 1.54) is 24.0 Å². The van der Waals surface area contributed by atoms with Gasteiger partial charge in [0.05, 0.1) is 6.61 Å². The minimum Gasteiger partial charge on any atom is -0.493 e. The normalized spacial score (nSPS) is 19.0. The Labute approximate surface area is 115 Å². The first-order valence-corrected chi connectivity index (χ1v) is 7.38. The first-order chi connectivity index (χ1) is 9.31. The third-order valence-electron chi connectivity index (χ3n) is 4.44. The van der Waals surface area contributed by atoms with Crippen molar-refractivity contribution in [3.8, 4) is 5.75 Å². The molecule has 0 aromatic heterocycles. The Morgan fingerprint density at radius 2 is 2.21 bits per heavy atom. The van der Waals surface area contributed by atoms with Crippen molar-refractivity contribution in [2.75, 3.05) is 26.3 Å². The van der Waals surface area contributed by atoms with Crippen molar-refractivity contribution in [1.29, 1.82) is 0 Å². The standard InChI is InChI=1S/C16H23NO2/c18-9-7-16(5-6-16)12-17-8-3-13-1-2-15-14(11-13)4-10-19-15/h1-2,11,17-18H,3-10,12H2. The van der Waals surface area contributed by atoms with Crippen molar-refractivity contribution in [3.05, 3.63) is 29.3 Å². The molecule has 0 atom stereocenters. The molecule has 0 bridgehead atoms. The van der Waals surface area contributed by atoms with E-state index in [1.54, 1.807) is 0 Å². The van der Waals surface area contributed by atoms with Gasteiger partial charge in [-0.2, -0.15) is 0 Å². The van der Waals surface area contributed by atoms with Crippen LogP contribution in [0.2, 0.25) is 0 Å². The molecule has 0 radical (unpaired) electrons. The highest BCUT2D eigenvalue weighted by Gasteiger charge is 2.41. The summed E-state index contributed by atoms with van der Waals surface area (Å²) in [6.07, 6.45) is 5.63. The van der Waals surface area contributed by atoms with Crippen LogP contribution < -0.4 is 10.1 Å². The fourth-order valence-electron chi connectivity index (χ4n) is 2.91. The molecule has 0 saturated heterocycles. The molecule has 0 unspecified atom stereocenters. The van der Waals surface area contributed by atoms with Gasteiger partial charge in [-0.3, -0.25) is 0 Å². The highest BCUT2D eigenvalue weighted by Crippen LogP contribution is 2.47. The van der Waals surface area contributed by atoms with E-state index in [1.807, 2.05) is 0 Å². The Bertz CT molecular complexity index is 440. The first-order valence-electron chi connectivity index (χ1n) is 7.38. The van der Waals surface area contributed by atoms with E-state index in [0.29, 0.717) is 12.0 Å². The van der Waals surface area contributed by atoms with Gasteiger partial charge in [0, 0.05) is 19.6 Å². The molecule has 1 heterocycles. The Hall–Kier alpha value is -1.06. The number of ether oxygens (including phenoxy) is 1. The number of aliphatic hydroxyl groups is 1. The maximum atomic E-state index is 9.03. The number of benzene rings is 1. The zero-order valence-corrected chi connectivity index (χ0v) is 11.5. The fourth-order valence-corrected chi connectivity index (χ4v) is 2.91. The average molecular weight is 261 g/mol. The molecule has 104 valence electrons. The van der Waals surface area contributed by atoms with Gasteiger partial charge < -0.3 is 15.2 Å². The van der Waals surface area contributed by atoms with Crippen molar-refractivity contribution in [2.24, 2.45) is 5.41 Å². The van der Waals surface area contributed by atoms with Gasteiger partial charge in [0.2, 0.25) is 0 Å². The number of hydrogen-bond acceptors (Lipinski definition) is 3. The lowest BCUT2D eigenvalue weighted by atomic mass is 10.0. The van der Waals surface area contributed by atoms with Crippen molar-refractivity contribution in [2.45, 2.75) is 32.1 Å². The van der Waals surface area contributed by atoms with Gasteiger partial charge in [-0.1, -0.05) is 12.1 Å². The van der Waals surface area contributed by atoms with Crippen LogP contribution in [0.4, 0.5) is 0 Å². The third kappa shape index (κ3) is 3.10. The molecular formula is C16H23NO2. The first kappa shape index (κ1) is 12.9. The zero-order chi connectivity index (χ0) is 13.1. The van der Waals surface area contributed by atoms with Crippen LogP contribution in [-0.2, 0) is 12.8 Å². The number of nitrogens with one attached hydrogen (secondary N) is 1. The van der Waals surface area contributed by atoms with Crippen LogP contribution in [0.15, 0.2) is 18.2 Å². The van der Waals surface area contributed by atoms with Crippen LogP contribution in [0.3, 0.4) is 0 Å². The lowest BCUT2D eigenvalue weighted by molar-refractivity contribution is 0.245. The lowest BCUT2D eigenvalue weighted by Crippen LogP contribution is -2.26. The van der Waals surface area contributed by atoms with E-state index in [0.717, 1.165) is 44.7 Å². The molecule has 0 amide bonds. The second kappa shape index (κ2) is 5.51. The highest BCUT2D eigenvalue weighted by atomic mass is 16.5. The second-order valence-electron chi connectivity index (χ2n) is 5.94. The Morgan fingerprint density at radius 3 is 3.00 bits per heavy atom. The smallest absolute Gasteiger partial charge is 0.122 e. The predicted octanol–water partition coefficient (Wildman–Crippen LogP) is 1.92. The van der Waals surface area contributed by atoms with Crippen LogP contribution in [0, 0.1) is 5.41 Å². The van der Waals surface area contributed by atoms with Gasteiger partial charge in [-0.25, -0.2) is 0 Å². The maximum absolute atomic E-state index is 9.03. The van der Waals surface area contributed by atoms with Gasteiger partial charge in [0.15, 0.2) is 0 Å². The van der Waals surface area contributed by atoms with E-state index < -0.39 is 0 Å². The summed E-state index contributed by atoms with van der Waals surface area (Å²) in [5, 5.41) is 12.6. The highest BCUT2D eigenvalue weighted by molar-refractivity contribution is 5.39. The molecule has 1 aromatic rings. The summed E-state index contributed by atoms with van der Waals surface area (Å²) >= 11 is 0. The number of rotatable bonds is 7. The molecule has 19 heavy (non-hydrogen) atoms. The molecule has 1 aliphatic heterocycles. The van der Waals surface area contributed by atoms with E-state index in [2.05, 4.69) is 23.5 Å². The molecule has 3 rings (SSSR count). The van der Waals surface area contributed by atoms with Gasteiger partial charge in [-0.05, 0) is 54.8 Å². The average Bonchev–Trinajstić information content (AvgIpc) is 3.02. The van der Waals surface area contributed by atoms with E-state index in [9.17, 15) is 0 Å². The summed E-state index contributed by atoms with van der Waals surface area (Å²) < 4.78 is 5.52. The van der Waals surface area contributed by atoms with Gasteiger partial charge >= 0.3 is 0 Å². The van der Waals surface area contributed by atoms with E-state index in [4.69, 9.17) is 9.84 Å². The van der Waals surface area contributed by atoms with Crippen molar-refractivity contribution < 1.29 is 9.84 Å². The number of hydrogen-bond donors (Lipinski definition) is 2. The van der Waals surface area contributed by atoms with Gasteiger partial charge in [-0.15, -0.1) is 0 Å². The SMILES string of the molecule is OCCC1(CNCCc2ccc3c(c2)CCO3)CC1. The van der Waals surface area contributed by atoms with Gasteiger partial charge in [0.1, 0.15) is 5.75 Å². The zero-order valence-electron chi connectivity index (χ0n) is 11.5. The van der Waals surface area contributed by atoms with Gasteiger partial charge in [0.25, 0.3) is 0 Å². The quantitative estimate of drug-likeness (QED) is 0.737. The van der Waals surface area contributed by atoms with Crippen LogP contribution in [0.25, 0.3) is 0 Å². The van der Waals surface area contributed by atoms with Crippen molar-refractivity contribution in [3.63, 3.8) is 0 Å². The fraction of sp³-hybridized carbons (Fsp3) is 0.625. The van der Waals surface area contributed by atoms with Crippen LogP contribution in [0.1, 0.15) is 30.4 Å². The molecular weight excluding hydrogens is 238 g/mol. The molecule has 1 fully saturated rings. The lowest BCUT2D eigenvalue weighted by Gasteiger charge is -2.14. The van der Waals surface area contributed by atoms with E-state index >= 15 is 0 Å². The maximum Gasteiger partial charge on any atom is 0.122 e. The molecule has 3 nitrogen and oxygen atoms in total. The molecule has 0 spiro atoms. The molecule has 2 aliphatic rings. The largest absolute Gasteiger partial charge is 0.493 e. The topological polar surface area (TPSA) is 41.5 Å². The Morgan fingerprint density at radius 1 is 1.32 bits per heavy atom. The van der Waals surface area contributed by atoms with Crippen molar-refractivity contribution >= 4 is 0 Å². The summed E-state index contributed by atoms with van der Waals surface area (Å²) in [5.74, 6) is 1.07. The third-order valence-corrected chi connectivity index (χ3v) is 4.44. The Balaban J connectivity index is 1.43. The van der Waals surface area contributed by atoms with Crippen LogP contribution >= 0.6 is 0 Å². The Kier molecular flexibility index (Phi) is 3.76. The molecule has 3 heteroatoms.